The highest BCUT2D eigenvalue weighted by Gasteiger charge is 2.18. The van der Waals surface area contributed by atoms with Crippen molar-refractivity contribution >= 4 is 17.3 Å². The van der Waals surface area contributed by atoms with Gasteiger partial charge in [0.25, 0.3) is 5.91 Å². The molecular formula is C18H19FN2O2. The van der Waals surface area contributed by atoms with Crippen molar-refractivity contribution in [2.45, 2.75) is 12.8 Å². The Balaban J connectivity index is 1.83. The SMILES string of the molecule is COc1ccc(C(=O)Nc2cc(F)ccc2N2CCCC2)cc1. The van der Waals surface area contributed by atoms with Crippen LogP contribution in [0.1, 0.15) is 23.2 Å². The third kappa shape index (κ3) is 3.44. The van der Waals surface area contributed by atoms with Crippen LogP contribution in [0.5, 0.6) is 5.75 Å². The molecule has 1 aliphatic heterocycles. The molecule has 23 heavy (non-hydrogen) atoms. The maximum atomic E-state index is 13.6. The molecule has 0 atom stereocenters. The van der Waals surface area contributed by atoms with Gasteiger partial charge in [0.05, 0.1) is 18.5 Å². The molecule has 2 aromatic rings. The van der Waals surface area contributed by atoms with E-state index in [0.717, 1.165) is 31.6 Å². The number of nitrogens with one attached hydrogen (secondary N) is 1. The number of carbonyl (C=O) groups is 1. The van der Waals surface area contributed by atoms with Crippen LogP contribution < -0.4 is 15.0 Å². The maximum Gasteiger partial charge on any atom is 0.255 e. The Morgan fingerprint density at radius 2 is 1.83 bits per heavy atom. The van der Waals surface area contributed by atoms with E-state index in [2.05, 4.69) is 10.2 Å². The molecule has 120 valence electrons. The molecule has 0 saturated carbocycles. The summed E-state index contributed by atoms with van der Waals surface area (Å²) in [4.78, 5) is 14.6. The van der Waals surface area contributed by atoms with Gasteiger partial charge >= 0.3 is 0 Å². The van der Waals surface area contributed by atoms with Crippen molar-refractivity contribution in [3.05, 3.63) is 53.8 Å². The van der Waals surface area contributed by atoms with E-state index >= 15 is 0 Å². The summed E-state index contributed by atoms with van der Waals surface area (Å²) in [6.07, 6.45) is 2.23. The smallest absolute Gasteiger partial charge is 0.255 e. The second kappa shape index (κ2) is 6.69. The lowest BCUT2D eigenvalue weighted by Crippen LogP contribution is -2.21. The summed E-state index contributed by atoms with van der Waals surface area (Å²) in [5.41, 5.74) is 1.88. The number of anilines is 2. The molecule has 0 spiro atoms. The van der Waals surface area contributed by atoms with Crippen LogP contribution in [0.4, 0.5) is 15.8 Å². The van der Waals surface area contributed by atoms with Crippen LogP contribution in [-0.2, 0) is 0 Å². The molecular weight excluding hydrogens is 295 g/mol. The molecule has 1 amide bonds. The minimum atomic E-state index is -0.363. The van der Waals surface area contributed by atoms with Gasteiger partial charge in [-0.3, -0.25) is 4.79 Å². The lowest BCUT2D eigenvalue weighted by Gasteiger charge is -2.21. The zero-order valence-corrected chi connectivity index (χ0v) is 13.0. The number of nitrogens with zero attached hydrogens (tertiary/aromatic N) is 1. The highest BCUT2D eigenvalue weighted by molar-refractivity contribution is 6.06. The number of hydrogen-bond acceptors (Lipinski definition) is 3. The molecule has 4 nitrogen and oxygen atoms in total. The topological polar surface area (TPSA) is 41.6 Å². The number of carbonyl (C=O) groups excluding carboxylic acids is 1. The fraction of sp³-hybridized carbons (Fsp3) is 0.278. The van der Waals surface area contributed by atoms with Crippen molar-refractivity contribution in [3.63, 3.8) is 0 Å². The highest BCUT2D eigenvalue weighted by atomic mass is 19.1. The van der Waals surface area contributed by atoms with Gasteiger partial charge in [-0.05, 0) is 55.3 Å². The Morgan fingerprint density at radius 3 is 2.48 bits per heavy atom. The number of ether oxygens (including phenoxy) is 1. The van der Waals surface area contributed by atoms with E-state index in [1.807, 2.05) is 0 Å². The quantitative estimate of drug-likeness (QED) is 0.936. The van der Waals surface area contributed by atoms with Crippen LogP contribution in [0.3, 0.4) is 0 Å². The van der Waals surface area contributed by atoms with Crippen LogP contribution in [0.15, 0.2) is 42.5 Å². The van der Waals surface area contributed by atoms with Gasteiger partial charge in [0.15, 0.2) is 0 Å². The Morgan fingerprint density at radius 1 is 1.13 bits per heavy atom. The van der Waals surface area contributed by atoms with E-state index < -0.39 is 0 Å². The van der Waals surface area contributed by atoms with Crippen LogP contribution in [0.2, 0.25) is 0 Å². The van der Waals surface area contributed by atoms with Crippen molar-refractivity contribution in [2.24, 2.45) is 0 Å². The summed E-state index contributed by atoms with van der Waals surface area (Å²) < 4.78 is 18.7. The first-order valence-corrected chi connectivity index (χ1v) is 7.67. The number of methoxy groups -OCH3 is 1. The summed E-state index contributed by atoms with van der Waals surface area (Å²) >= 11 is 0. The van der Waals surface area contributed by atoms with E-state index in [0.29, 0.717) is 17.0 Å². The van der Waals surface area contributed by atoms with Gasteiger partial charge in [0.1, 0.15) is 11.6 Å². The molecule has 0 unspecified atom stereocenters. The molecule has 2 aromatic carbocycles. The summed E-state index contributed by atoms with van der Waals surface area (Å²) in [6.45, 7) is 1.86. The monoisotopic (exact) mass is 314 g/mol. The molecule has 1 aliphatic rings. The molecule has 0 aliphatic carbocycles. The summed E-state index contributed by atoms with van der Waals surface area (Å²) in [7, 11) is 1.57. The minimum Gasteiger partial charge on any atom is -0.497 e. The average Bonchev–Trinajstić information content (AvgIpc) is 3.09. The maximum absolute atomic E-state index is 13.6. The molecule has 0 bridgehead atoms. The van der Waals surface area contributed by atoms with Crippen LogP contribution in [-0.4, -0.2) is 26.1 Å². The average molecular weight is 314 g/mol. The van der Waals surface area contributed by atoms with Gasteiger partial charge in [0, 0.05) is 18.7 Å². The predicted molar refractivity (Wildman–Crippen MR) is 88.8 cm³/mol. The van der Waals surface area contributed by atoms with Gasteiger partial charge in [0.2, 0.25) is 0 Å². The van der Waals surface area contributed by atoms with E-state index in [9.17, 15) is 9.18 Å². The molecule has 1 saturated heterocycles. The Bertz CT molecular complexity index is 695. The lowest BCUT2D eigenvalue weighted by molar-refractivity contribution is 0.102. The van der Waals surface area contributed by atoms with Crippen molar-refractivity contribution in [2.75, 3.05) is 30.4 Å². The highest BCUT2D eigenvalue weighted by Crippen LogP contribution is 2.30. The van der Waals surface area contributed by atoms with Crippen molar-refractivity contribution in [3.8, 4) is 5.75 Å². The largest absolute Gasteiger partial charge is 0.497 e. The van der Waals surface area contributed by atoms with Crippen LogP contribution >= 0.6 is 0 Å². The predicted octanol–water partition coefficient (Wildman–Crippen LogP) is 3.69. The zero-order chi connectivity index (χ0) is 16.2. The van der Waals surface area contributed by atoms with E-state index in [1.54, 1.807) is 37.4 Å². The van der Waals surface area contributed by atoms with Crippen molar-refractivity contribution in [1.29, 1.82) is 0 Å². The molecule has 0 aromatic heterocycles. The number of hydrogen-bond donors (Lipinski definition) is 1. The van der Waals surface area contributed by atoms with E-state index in [-0.39, 0.29) is 11.7 Å². The van der Waals surface area contributed by atoms with Gasteiger partial charge in [-0.15, -0.1) is 0 Å². The third-order valence-corrected chi connectivity index (χ3v) is 4.01. The molecule has 3 rings (SSSR count). The Labute approximate surface area is 134 Å². The number of benzene rings is 2. The van der Waals surface area contributed by atoms with E-state index in [4.69, 9.17) is 4.74 Å². The Kier molecular flexibility index (Phi) is 4.46. The fourth-order valence-electron chi connectivity index (χ4n) is 2.78. The Hall–Kier alpha value is -2.56. The molecule has 1 N–H and O–H groups in total. The van der Waals surface area contributed by atoms with Crippen molar-refractivity contribution in [1.82, 2.24) is 0 Å². The second-order valence-corrected chi connectivity index (χ2v) is 5.54. The first-order valence-electron chi connectivity index (χ1n) is 7.67. The third-order valence-electron chi connectivity index (χ3n) is 4.01. The molecule has 0 radical (unpaired) electrons. The number of amides is 1. The summed E-state index contributed by atoms with van der Waals surface area (Å²) in [6, 6.07) is 11.3. The van der Waals surface area contributed by atoms with Gasteiger partial charge < -0.3 is 15.0 Å². The molecule has 5 heteroatoms. The number of rotatable bonds is 4. The van der Waals surface area contributed by atoms with Gasteiger partial charge in [-0.1, -0.05) is 0 Å². The van der Waals surface area contributed by atoms with E-state index in [1.165, 1.54) is 12.1 Å². The van der Waals surface area contributed by atoms with Crippen molar-refractivity contribution < 1.29 is 13.9 Å². The number of halogens is 1. The van der Waals surface area contributed by atoms with Gasteiger partial charge in [-0.2, -0.15) is 0 Å². The first kappa shape index (κ1) is 15.3. The fourth-order valence-corrected chi connectivity index (χ4v) is 2.78. The van der Waals surface area contributed by atoms with Crippen LogP contribution in [0, 0.1) is 5.82 Å². The molecule has 1 fully saturated rings. The second-order valence-electron chi connectivity index (χ2n) is 5.54. The standard InChI is InChI=1S/C18H19FN2O2/c1-23-15-7-4-13(5-8-15)18(22)20-16-12-14(19)6-9-17(16)21-10-2-3-11-21/h4-9,12H,2-3,10-11H2,1H3,(H,20,22). The lowest BCUT2D eigenvalue weighted by atomic mass is 10.2. The van der Waals surface area contributed by atoms with Gasteiger partial charge in [-0.25, -0.2) is 4.39 Å². The minimum absolute atomic E-state index is 0.265. The first-order chi connectivity index (χ1) is 11.2. The summed E-state index contributed by atoms with van der Waals surface area (Å²) in [5, 5.41) is 2.82. The van der Waals surface area contributed by atoms with Crippen LogP contribution in [0.25, 0.3) is 0 Å². The normalized spacial score (nSPS) is 13.9. The summed E-state index contributed by atoms with van der Waals surface area (Å²) in [5.74, 6) is 0.0572. The molecule has 1 heterocycles. The zero-order valence-electron chi connectivity index (χ0n) is 13.0.